The van der Waals surface area contributed by atoms with E-state index in [4.69, 9.17) is 5.11 Å². The van der Waals surface area contributed by atoms with E-state index in [1.54, 1.807) is 0 Å². The summed E-state index contributed by atoms with van der Waals surface area (Å²) >= 11 is 1.52. The number of nitrogens with one attached hydrogen (secondary N) is 1. The average Bonchev–Trinajstić information content (AvgIpc) is 2.35. The van der Waals surface area contributed by atoms with E-state index < -0.39 is 5.97 Å². The lowest BCUT2D eigenvalue weighted by Crippen LogP contribution is -2.32. The Balaban J connectivity index is 2.93. The molecule has 0 aliphatic rings. The zero-order chi connectivity index (χ0) is 14.5. The number of hydrogen-bond acceptors (Lipinski definition) is 4. The second-order valence-electron chi connectivity index (χ2n) is 4.90. The van der Waals surface area contributed by atoms with Crippen LogP contribution in [-0.2, 0) is 4.79 Å². The highest BCUT2D eigenvalue weighted by atomic mass is 32.2. The molecule has 0 saturated heterocycles. The van der Waals surface area contributed by atoms with E-state index in [0.29, 0.717) is 12.0 Å². The zero-order valence-corrected chi connectivity index (χ0v) is 12.2. The Morgan fingerprint density at radius 3 is 2.74 bits per heavy atom. The first kappa shape index (κ1) is 15.4. The van der Waals surface area contributed by atoms with Crippen molar-refractivity contribution in [1.82, 2.24) is 0 Å². The molecule has 102 valence electrons. The molecular formula is C14H18N2O2S. The van der Waals surface area contributed by atoms with Gasteiger partial charge in [0.25, 0.3) is 0 Å². The quantitative estimate of drug-likeness (QED) is 0.781. The summed E-state index contributed by atoms with van der Waals surface area (Å²) in [4.78, 5) is 11.6. The molecule has 1 aromatic rings. The fourth-order valence-corrected chi connectivity index (χ4v) is 2.34. The van der Waals surface area contributed by atoms with E-state index in [2.05, 4.69) is 11.4 Å². The third-order valence-corrected chi connectivity index (χ3v) is 3.57. The third kappa shape index (κ3) is 4.49. The summed E-state index contributed by atoms with van der Waals surface area (Å²) in [5.41, 5.74) is 0.990. The van der Waals surface area contributed by atoms with E-state index in [0.717, 1.165) is 10.6 Å². The van der Waals surface area contributed by atoms with Crippen LogP contribution in [0, 0.1) is 11.3 Å². The van der Waals surface area contributed by atoms with Gasteiger partial charge in [-0.05, 0) is 38.7 Å². The van der Waals surface area contributed by atoms with Gasteiger partial charge in [-0.15, -0.1) is 11.8 Å². The van der Waals surface area contributed by atoms with Crippen molar-refractivity contribution >= 4 is 23.4 Å². The molecule has 19 heavy (non-hydrogen) atoms. The van der Waals surface area contributed by atoms with Crippen molar-refractivity contribution in [2.75, 3.05) is 11.6 Å². The molecule has 0 aliphatic carbocycles. The molecule has 2 N–H and O–H groups in total. The van der Waals surface area contributed by atoms with E-state index in [-0.39, 0.29) is 12.0 Å². The first-order valence-corrected chi connectivity index (χ1v) is 7.19. The van der Waals surface area contributed by atoms with Crippen LogP contribution in [0.2, 0.25) is 0 Å². The maximum Gasteiger partial charge on any atom is 0.303 e. The highest BCUT2D eigenvalue weighted by molar-refractivity contribution is 7.98. The first-order valence-electron chi connectivity index (χ1n) is 5.96. The summed E-state index contributed by atoms with van der Waals surface area (Å²) in [6.07, 6.45) is 2.52. The summed E-state index contributed by atoms with van der Waals surface area (Å²) < 4.78 is 0. The van der Waals surface area contributed by atoms with Crippen molar-refractivity contribution in [1.29, 1.82) is 5.26 Å². The Morgan fingerprint density at radius 1 is 1.53 bits per heavy atom. The highest BCUT2D eigenvalue weighted by Gasteiger charge is 2.20. The summed E-state index contributed by atoms with van der Waals surface area (Å²) in [5.74, 6) is -0.812. The molecule has 0 saturated carbocycles. The number of anilines is 1. The van der Waals surface area contributed by atoms with E-state index in [1.807, 2.05) is 38.3 Å². The molecule has 0 bridgehead atoms. The third-order valence-electron chi connectivity index (χ3n) is 2.79. The van der Waals surface area contributed by atoms with Crippen LogP contribution in [0.5, 0.6) is 0 Å². The maximum absolute atomic E-state index is 10.6. The molecule has 5 heteroatoms. The van der Waals surface area contributed by atoms with Gasteiger partial charge in [-0.2, -0.15) is 5.26 Å². The van der Waals surface area contributed by atoms with Crippen LogP contribution >= 0.6 is 11.8 Å². The minimum absolute atomic E-state index is 0.101. The zero-order valence-electron chi connectivity index (χ0n) is 11.4. The number of nitriles is 1. The van der Waals surface area contributed by atoms with Crippen molar-refractivity contribution in [3.63, 3.8) is 0 Å². The Bertz CT molecular complexity index is 507. The number of carbonyl (C=O) groups is 1. The topological polar surface area (TPSA) is 73.1 Å². The fraction of sp³-hybridized carbons (Fsp3) is 0.429. The van der Waals surface area contributed by atoms with Gasteiger partial charge in [0.2, 0.25) is 0 Å². The van der Waals surface area contributed by atoms with Crippen molar-refractivity contribution < 1.29 is 9.90 Å². The van der Waals surface area contributed by atoms with Crippen molar-refractivity contribution in [2.24, 2.45) is 0 Å². The normalized spacial score (nSPS) is 10.8. The smallest absolute Gasteiger partial charge is 0.303 e. The lowest BCUT2D eigenvalue weighted by molar-refractivity contribution is -0.137. The molecule has 0 spiro atoms. The number of benzene rings is 1. The largest absolute Gasteiger partial charge is 0.481 e. The maximum atomic E-state index is 10.6. The molecule has 0 fully saturated rings. The predicted molar refractivity (Wildman–Crippen MR) is 77.5 cm³/mol. The van der Waals surface area contributed by atoms with Crippen LogP contribution in [0.15, 0.2) is 23.1 Å². The average molecular weight is 278 g/mol. The number of thioether (sulfide) groups is 1. The Labute approximate surface area is 117 Å². The van der Waals surface area contributed by atoms with Gasteiger partial charge in [-0.3, -0.25) is 4.79 Å². The molecule has 0 aromatic heterocycles. The lowest BCUT2D eigenvalue weighted by atomic mass is 9.97. The second-order valence-corrected chi connectivity index (χ2v) is 5.75. The minimum Gasteiger partial charge on any atom is -0.481 e. The van der Waals surface area contributed by atoms with Gasteiger partial charge in [0.05, 0.1) is 11.3 Å². The molecule has 0 aliphatic heterocycles. The van der Waals surface area contributed by atoms with Crippen molar-refractivity contribution in [2.45, 2.75) is 37.1 Å². The molecular weight excluding hydrogens is 260 g/mol. The number of carboxylic acid groups (broad SMARTS) is 1. The van der Waals surface area contributed by atoms with Crippen LogP contribution in [0.3, 0.4) is 0 Å². The summed E-state index contributed by atoms with van der Waals surface area (Å²) in [5, 5.41) is 21.3. The highest BCUT2D eigenvalue weighted by Crippen LogP contribution is 2.29. The van der Waals surface area contributed by atoms with Crippen LogP contribution in [0.4, 0.5) is 5.69 Å². The van der Waals surface area contributed by atoms with Crippen molar-refractivity contribution in [3.05, 3.63) is 23.8 Å². The van der Waals surface area contributed by atoms with Gasteiger partial charge in [0, 0.05) is 16.9 Å². The second kappa shape index (κ2) is 6.48. The summed E-state index contributed by atoms with van der Waals surface area (Å²) in [6.45, 7) is 3.87. The van der Waals surface area contributed by atoms with Gasteiger partial charge in [-0.1, -0.05) is 6.07 Å². The molecule has 0 unspecified atom stereocenters. The molecule has 1 rings (SSSR count). The first-order chi connectivity index (χ1) is 8.89. The predicted octanol–water partition coefficient (Wildman–Crippen LogP) is 3.34. The molecule has 0 amide bonds. The van der Waals surface area contributed by atoms with Gasteiger partial charge < -0.3 is 10.4 Å². The van der Waals surface area contributed by atoms with Gasteiger partial charge in [0.1, 0.15) is 6.07 Å². The molecule has 0 radical (unpaired) electrons. The molecule has 1 aromatic carbocycles. The molecule has 0 heterocycles. The lowest BCUT2D eigenvalue weighted by Gasteiger charge is -2.28. The Kier molecular flexibility index (Phi) is 5.25. The Morgan fingerprint density at radius 2 is 2.21 bits per heavy atom. The standard InChI is InChI=1S/C14H18N2O2S/c1-14(2,8-7-13(17)18)16-11-5-4-6-12(19-3)10(11)9-15/h4-6,16H,7-8H2,1-3H3,(H,17,18). The number of hydrogen-bond donors (Lipinski definition) is 2. The number of aliphatic carboxylic acids is 1. The van der Waals surface area contributed by atoms with Gasteiger partial charge in [0.15, 0.2) is 0 Å². The van der Waals surface area contributed by atoms with Crippen LogP contribution < -0.4 is 5.32 Å². The molecule has 4 nitrogen and oxygen atoms in total. The number of rotatable bonds is 6. The van der Waals surface area contributed by atoms with Gasteiger partial charge >= 0.3 is 5.97 Å². The molecule has 0 atom stereocenters. The monoisotopic (exact) mass is 278 g/mol. The van der Waals surface area contributed by atoms with Gasteiger partial charge in [-0.25, -0.2) is 0 Å². The van der Waals surface area contributed by atoms with Crippen LogP contribution in [-0.4, -0.2) is 22.9 Å². The van der Waals surface area contributed by atoms with E-state index in [1.165, 1.54) is 11.8 Å². The summed E-state index contributed by atoms with van der Waals surface area (Å²) in [6, 6.07) is 7.84. The van der Waals surface area contributed by atoms with E-state index >= 15 is 0 Å². The number of carboxylic acids is 1. The van der Waals surface area contributed by atoms with Crippen LogP contribution in [0.25, 0.3) is 0 Å². The van der Waals surface area contributed by atoms with E-state index in [9.17, 15) is 10.1 Å². The Hall–Kier alpha value is -1.67. The van der Waals surface area contributed by atoms with Crippen molar-refractivity contribution in [3.8, 4) is 6.07 Å². The summed E-state index contributed by atoms with van der Waals surface area (Å²) in [7, 11) is 0. The SMILES string of the molecule is CSc1cccc(NC(C)(C)CCC(=O)O)c1C#N. The minimum atomic E-state index is -0.812. The fourth-order valence-electron chi connectivity index (χ4n) is 1.77. The number of nitrogens with zero attached hydrogens (tertiary/aromatic N) is 1. The van der Waals surface area contributed by atoms with Crippen LogP contribution in [0.1, 0.15) is 32.3 Å².